The number of allylic oxidation sites excluding steroid dienone is 6. The number of hydrogen-bond acceptors (Lipinski definition) is 5. The van der Waals surface area contributed by atoms with Crippen LogP contribution in [0.1, 0.15) is 101 Å². The van der Waals surface area contributed by atoms with Crippen molar-refractivity contribution in [3.63, 3.8) is 0 Å². The van der Waals surface area contributed by atoms with Crippen LogP contribution in [0.4, 0.5) is 0 Å². The summed E-state index contributed by atoms with van der Waals surface area (Å²) in [7, 11) is 0. The second-order valence-electron chi connectivity index (χ2n) is 14.1. The van der Waals surface area contributed by atoms with Gasteiger partial charge in [-0.2, -0.15) is 0 Å². The van der Waals surface area contributed by atoms with Crippen LogP contribution in [0, 0.1) is 0 Å². The van der Waals surface area contributed by atoms with Gasteiger partial charge in [-0.15, -0.1) is 0 Å². The van der Waals surface area contributed by atoms with E-state index in [1.807, 2.05) is 82.6 Å². The summed E-state index contributed by atoms with van der Waals surface area (Å²) in [6, 6.07) is 11.9. The molecule has 0 fully saturated rings. The van der Waals surface area contributed by atoms with Crippen LogP contribution in [-0.4, -0.2) is 50.8 Å². The SMILES string of the molecule is CC(C)n1ccc2c(C(=O)O)cc(Br)cc21.CC1=CC(C)=C(CN)C(=O)C1.CC1=CC(C)=C(CNC(=O)c2cc(Br)cc3c2ccn3C(C)C)C(=O)C1. The highest BCUT2D eigenvalue weighted by Gasteiger charge is 2.20. The number of halogens is 2. The van der Waals surface area contributed by atoms with E-state index < -0.39 is 5.97 Å². The fourth-order valence-corrected chi connectivity index (χ4v) is 7.56. The van der Waals surface area contributed by atoms with Gasteiger partial charge >= 0.3 is 5.97 Å². The lowest BCUT2D eigenvalue weighted by atomic mass is 9.92. The summed E-state index contributed by atoms with van der Waals surface area (Å²) in [5.41, 5.74) is 14.0. The number of carboxylic acid groups (broad SMARTS) is 1. The molecule has 6 rings (SSSR count). The summed E-state index contributed by atoms with van der Waals surface area (Å²) in [6.45, 7) is 16.8. The standard InChI is InChI=1S/C21H23BrN2O2.C12H12BrNO2.C9H13NO/c1-12(2)24-6-5-16-17(9-15(22)10-19(16)24)21(26)23-11-18-14(4)7-13(3)8-20(18)25;1-7(2)14-4-3-9-10(12(15)16)5-8(13)6-11(9)14;1-6-3-7(2)8(5-10)9(11)4-6/h5-7,9-10,12H,8,11H2,1-4H3,(H,23,26);3-7H,1-2H3,(H,15,16);3H,4-5,10H2,1-2H3. The molecule has 0 bridgehead atoms. The summed E-state index contributed by atoms with van der Waals surface area (Å²) in [5, 5.41) is 13.7. The van der Waals surface area contributed by atoms with Crippen molar-refractivity contribution in [2.45, 2.75) is 80.3 Å². The number of nitrogens with one attached hydrogen (secondary N) is 1. The molecule has 0 atom stereocenters. The van der Waals surface area contributed by atoms with E-state index in [0.29, 0.717) is 48.2 Å². The van der Waals surface area contributed by atoms with Crippen molar-refractivity contribution in [1.82, 2.24) is 14.5 Å². The largest absolute Gasteiger partial charge is 0.478 e. The number of benzene rings is 2. The molecule has 2 aromatic heterocycles. The minimum atomic E-state index is -0.896. The average Bonchev–Trinajstić information content (AvgIpc) is 3.68. The number of amides is 1. The van der Waals surface area contributed by atoms with E-state index in [4.69, 9.17) is 10.8 Å². The third kappa shape index (κ3) is 9.82. The maximum atomic E-state index is 12.8. The predicted molar refractivity (Wildman–Crippen MR) is 221 cm³/mol. The molecule has 0 saturated heterocycles. The molecule has 2 aliphatic rings. The number of rotatable bonds is 7. The molecule has 53 heavy (non-hydrogen) atoms. The van der Waals surface area contributed by atoms with E-state index >= 15 is 0 Å². The summed E-state index contributed by atoms with van der Waals surface area (Å²) in [6.07, 6.45) is 8.95. The zero-order valence-electron chi connectivity index (χ0n) is 31.6. The summed E-state index contributed by atoms with van der Waals surface area (Å²) < 4.78 is 5.85. The number of carboxylic acids is 1. The van der Waals surface area contributed by atoms with E-state index in [1.54, 1.807) is 6.07 Å². The lowest BCUT2D eigenvalue weighted by Crippen LogP contribution is -2.29. The van der Waals surface area contributed by atoms with Crippen molar-refractivity contribution in [3.05, 3.63) is 114 Å². The van der Waals surface area contributed by atoms with Gasteiger partial charge in [0.1, 0.15) is 0 Å². The van der Waals surface area contributed by atoms with Crippen LogP contribution >= 0.6 is 31.9 Å². The zero-order valence-corrected chi connectivity index (χ0v) is 34.7. The molecule has 2 aliphatic carbocycles. The van der Waals surface area contributed by atoms with Gasteiger partial charge in [-0.25, -0.2) is 4.79 Å². The molecule has 2 aromatic carbocycles. The second kappa shape index (κ2) is 17.7. The molecule has 0 aliphatic heterocycles. The van der Waals surface area contributed by atoms with Crippen molar-refractivity contribution in [3.8, 4) is 0 Å². The molecule has 4 N–H and O–H groups in total. The Kier molecular flexibility index (Phi) is 13.8. The molecule has 1 amide bonds. The lowest BCUT2D eigenvalue weighted by molar-refractivity contribution is -0.115. The van der Waals surface area contributed by atoms with Crippen molar-refractivity contribution < 1.29 is 24.3 Å². The Morgan fingerprint density at radius 2 is 1.19 bits per heavy atom. The van der Waals surface area contributed by atoms with Gasteiger partial charge in [-0.3, -0.25) is 14.4 Å². The van der Waals surface area contributed by atoms with Gasteiger partial charge in [0.25, 0.3) is 5.91 Å². The summed E-state index contributed by atoms with van der Waals surface area (Å²) in [4.78, 5) is 47.5. The topological polar surface area (TPSA) is 136 Å². The monoisotopic (exact) mass is 846 g/mol. The first-order valence-electron chi connectivity index (χ1n) is 17.5. The Morgan fingerprint density at radius 3 is 1.60 bits per heavy atom. The Hall–Kier alpha value is -4.32. The van der Waals surface area contributed by atoms with Crippen molar-refractivity contribution in [1.29, 1.82) is 0 Å². The maximum absolute atomic E-state index is 12.8. The molecule has 0 unspecified atom stereocenters. The fourth-order valence-electron chi connectivity index (χ4n) is 6.67. The van der Waals surface area contributed by atoms with Crippen molar-refractivity contribution in [2.24, 2.45) is 5.73 Å². The molecular formula is C42H48Br2N4O5. The Balaban J connectivity index is 0.000000197. The number of nitrogens with zero attached hydrogens (tertiary/aromatic N) is 2. The van der Waals surface area contributed by atoms with Gasteiger partial charge < -0.3 is 25.3 Å². The smallest absolute Gasteiger partial charge is 0.336 e. The minimum Gasteiger partial charge on any atom is -0.478 e. The third-order valence-electron chi connectivity index (χ3n) is 9.25. The van der Waals surface area contributed by atoms with Gasteiger partial charge in [-0.05, 0) is 103 Å². The van der Waals surface area contributed by atoms with Crippen LogP contribution in [-0.2, 0) is 9.59 Å². The first kappa shape index (κ1) is 41.4. The Labute approximate surface area is 327 Å². The summed E-state index contributed by atoms with van der Waals surface area (Å²) >= 11 is 6.85. The zero-order chi connectivity index (χ0) is 39.3. The van der Waals surface area contributed by atoms with E-state index in [2.05, 4.69) is 74.0 Å². The number of ketones is 2. The molecule has 0 radical (unpaired) electrons. The number of fused-ring (bicyclic) bond motifs is 2. The molecule has 0 saturated carbocycles. The van der Waals surface area contributed by atoms with Crippen LogP contribution in [0.5, 0.6) is 0 Å². The van der Waals surface area contributed by atoms with Gasteiger partial charge in [0.15, 0.2) is 11.6 Å². The van der Waals surface area contributed by atoms with E-state index in [9.17, 15) is 19.2 Å². The number of aromatic nitrogens is 2. The van der Waals surface area contributed by atoms with Gasteiger partial charge in [0.2, 0.25) is 0 Å². The first-order chi connectivity index (χ1) is 24.9. The fraction of sp³-hybridized carbons (Fsp3) is 0.333. The molecule has 11 heteroatoms. The Morgan fingerprint density at radius 1 is 0.755 bits per heavy atom. The molecular weight excluding hydrogens is 800 g/mol. The average molecular weight is 849 g/mol. The quantitative estimate of drug-likeness (QED) is 0.170. The lowest BCUT2D eigenvalue weighted by Gasteiger charge is -2.16. The van der Waals surface area contributed by atoms with Crippen molar-refractivity contribution in [2.75, 3.05) is 13.1 Å². The van der Waals surface area contributed by atoms with Crippen LogP contribution in [0.3, 0.4) is 0 Å². The van der Waals surface area contributed by atoms with E-state index in [1.165, 1.54) is 0 Å². The van der Waals surface area contributed by atoms with E-state index in [-0.39, 0.29) is 24.0 Å². The Bertz CT molecular complexity index is 2230. The molecule has 0 spiro atoms. The summed E-state index contributed by atoms with van der Waals surface area (Å²) in [5.74, 6) is -0.789. The molecule has 4 aromatic rings. The van der Waals surface area contributed by atoms with Crippen LogP contribution in [0.2, 0.25) is 0 Å². The highest BCUT2D eigenvalue weighted by atomic mass is 79.9. The van der Waals surface area contributed by atoms with Crippen molar-refractivity contribution >= 4 is 77.1 Å². The number of nitrogens with two attached hydrogens (primary N) is 1. The third-order valence-corrected chi connectivity index (χ3v) is 10.2. The number of carbonyl (C=O) groups excluding carboxylic acids is 3. The molecule has 2 heterocycles. The first-order valence-corrected chi connectivity index (χ1v) is 19.1. The van der Waals surface area contributed by atoms with Gasteiger partial charge in [-0.1, -0.05) is 55.2 Å². The molecule has 9 nitrogen and oxygen atoms in total. The second-order valence-corrected chi connectivity index (χ2v) is 15.9. The number of aromatic carboxylic acids is 1. The van der Waals surface area contributed by atoms with E-state index in [0.717, 1.165) is 58.6 Å². The van der Waals surface area contributed by atoms with Gasteiger partial charge in [0.05, 0.1) is 16.6 Å². The minimum absolute atomic E-state index is 0.0909. The highest BCUT2D eigenvalue weighted by molar-refractivity contribution is 9.10. The number of hydrogen-bond donors (Lipinski definition) is 3. The highest BCUT2D eigenvalue weighted by Crippen LogP contribution is 2.29. The van der Waals surface area contributed by atoms with Crippen LogP contribution < -0.4 is 11.1 Å². The normalized spacial score (nSPS) is 14.7. The molecule has 280 valence electrons. The maximum Gasteiger partial charge on any atom is 0.336 e. The van der Waals surface area contributed by atoms with Gasteiger partial charge in [0, 0.05) is 86.8 Å². The predicted octanol–water partition coefficient (Wildman–Crippen LogP) is 9.81. The van der Waals surface area contributed by atoms with Crippen LogP contribution in [0.25, 0.3) is 21.8 Å². The number of Topliss-reactive ketones (excluding diaryl/α,β-unsaturated/α-hetero) is 2. The number of carbonyl (C=O) groups is 4. The van der Waals surface area contributed by atoms with Crippen LogP contribution in [0.15, 0.2) is 103 Å².